The number of rotatable bonds is 1. The van der Waals surface area contributed by atoms with E-state index < -0.39 is 5.60 Å². The van der Waals surface area contributed by atoms with Crippen molar-refractivity contribution >= 4 is 0 Å². The van der Waals surface area contributed by atoms with Gasteiger partial charge in [-0.3, -0.25) is 0 Å². The second-order valence-electron chi connectivity index (χ2n) is 5.09. The molecule has 1 N–H and O–H groups in total. The minimum absolute atomic E-state index is 0.411. The number of aliphatic hydroxyl groups is 1. The molecule has 1 nitrogen and oxygen atoms in total. The molecular weight excluding hydrogens is 148 g/mol. The largest absolute Gasteiger partial charge is 0.390 e. The molecule has 1 aliphatic carbocycles. The molecule has 0 aromatic heterocycles. The summed E-state index contributed by atoms with van der Waals surface area (Å²) in [7, 11) is 0. The quantitative estimate of drug-likeness (QED) is 0.641. The van der Waals surface area contributed by atoms with Gasteiger partial charge in [0.25, 0.3) is 0 Å². The maximum atomic E-state index is 10.2. The van der Waals surface area contributed by atoms with Gasteiger partial charge in [-0.05, 0) is 37.5 Å². The first-order valence-corrected chi connectivity index (χ1v) is 5.16. The second kappa shape index (κ2) is 3.37. The van der Waals surface area contributed by atoms with Crippen molar-refractivity contribution in [2.24, 2.45) is 17.8 Å². The monoisotopic (exact) mass is 170 g/mol. The molecule has 3 atom stereocenters. The second-order valence-corrected chi connectivity index (χ2v) is 5.09. The highest BCUT2D eigenvalue weighted by molar-refractivity contribution is 4.89. The van der Waals surface area contributed by atoms with E-state index >= 15 is 0 Å². The molecule has 1 aliphatic rings. The smallest absolute Gasteiger partial charge is 0.0652 e. The lowest BCUT2D eigenvalue weighted by Gasteiger charge is -2.42. The Kier molecular flexibility index (Phi) is 2.82. The lowest BCUT2D eigenvalue weighted by Crippen LogP contribution is -2.42. The first-order valence-electron chi connectivity index (χ1n) is 5.16. The van der Waals surface area contributed by atoms with Crippen molar-refractivity contribution in [1.29, 1.82) is 0 Å². The molecule has 1 unspecified atom stereocenters. The van der Waals surface area contributed by atoms with Crippen LogP contribution in [0.3, 0.4) is 0 Å². The van der Waals surface area contributed by atoms with Crippen molar-refractivity contribution in [3.63, 3.8) is 0 Å². The molecule has 1 fully saturated rings. The van der Waals surface area contributed by atoms with Gasteiger partial charge in [0.15, 0.2) is 0 Å². The van der Waals surface area contributed by atoms with E-state index in [2.05, 4.69) is 20.8 Å². The third-order valence-electron chi connectivity index (χ3n) is 3.34. The van der Waals surface area contributed by atoms with Crippen molar-refractivity contribution < 1.29 is 5.11 Å². The Labute approximate surface area is 76.2 Å². The Balaban J connectivity index is 2.64. The van der Waals surface area contributed by atoms with Crippen LogP contribution in [0.1, 0.15) is 47.0 Å². The van der Waals surface area contributed by atoms with Crippen LogP contribution in [0.4, 0.5) is 0 Å². The van der Waals surface area contributed by atoms with Crippen molar-refractivity contribution in [3.05, 3.63) is 0 Å². The van der Waals surface area contributed by atoms with Crippen LogP contribution in [0.5, 0.6) is 0 Å². The van der Waals surface area contributed by atoms with Crippen LogP contribution in [0.25, 0.3) is 0 Å². The van der Waals surface area contributed by atoms with Crippen LogP contribution in [0.2, 0.25) is 0 Å². The summed E-state index contributed by atoms with van der Waals surface area (Å²) in [4.78, 5) is 0. The Morgan fingerprint density at radius 1 is 1.33 bits per heavy atom. The summed E-state index contributed by atoms with van der Waals surface area (Å²) in [5.74, 6) is 1.83. The summed E-state index contributed by atoms with van der Waals surface area (Å²) in [5, 5.41) is 10.2. The molecule has 0 amide bonds. The van der Waals surface area contributed by atoms with E-state index in [4.69, 9.17) is 0 Å². The molecule has 0 aliphatic heterocycles. The molecule has 0 radical (unpaired) electrons. The molecule has 1 saturated carbocycles. The van der Waals surface area contributed by atoms with E-state index in [1.54, 1.807) is 0 Å². The summed E-state index contributed by atoms with van der Waals surface area (Å²) in [6, 6.07) is 0. The molecular formula is C11H22O. The van der Waals surface area contributed by atoms with Crippen LogP contribution in [-0.4, -0.2) is 10.7 Å². The Bertz CT molecular complexity index is 149. The van der Waals surface area contributed by atoms with Crippen LogP contribution < -0.4 is 0 Å². The van der Waals surface area contributed by atoms with E-state index in [1.165, 1.54) is 12.8 Å². The molecule has 1 rings (SSSR count). The summed E-state index contributed by atoms with van der Waals surface area (Å²) in [6.45, 7) is 8.68. The highest BCUT2D eigenvalue weighted by atomic mass is 16.3. The van der Waals surface area contributed by atoms with E-state index in [0.29, 0.717) is 17.8 Å². The predicted octanol–water partition coefficient (Wildman–Crippen LogP) is 2.83. The third kappa shape index (κ3) is 2.01. The fraction of sp³-hybridized carbons (Fsp3) is 1.00. The van der Waals surface area contributed by atoms with Crippen LogP contribution in [0.15, 0.2) is 0 Å². The molecule has 1 heteroatoms. The fourth-order valence-corrected chi connectivity index (χ4v) is 2.79. The Morgan fingerprint density at radius 2 is 1.92 bits per heavy atom. The van der Waals surface area contributed by atoms with E-state index in [1.807, 2.05) is 6.92 Å². The molecule has 0 aromatic rings. The molecule has 0 saturated heterocycles. The van der Waals surface area contributed by atoms with Gasteiger partial charge in [0, 0.05) is 0 Å². The predicted molar refractivity (Wildman–Crippen MR) is 52.0 cm³/mol. The van der Waals surface area contributed by atoms with Crippen molar-refractivity contribution in [1.82, 2.24) is 0 Å². The normalized spacial score (nSPS) is 43.5. The van der Waals surface area contributed by atoms with Crippen LogP contribution in [0, 0.1) is 17.8 Å². The average Bonchev–Trinajstić information content (AvgIpc) is 1.82. The molecule has 0 spiro atoms. The van der Waals surface area contributed by atoms with E-state index in [9.17, 15) is 5.11 Å². The van der Waals surface area contributed by atoms with Gasteiger partial charge in [-0.1, -0.05) is 27.2 Å². The topological polar surface area (TPSA) is 20.2 Å². The SMILES string of the molecule is CC(C)C1CC[C@@H](C)C[C@@]1(C)O. The molecule has 0 aromatic carbocycles. The molecule has 0 heterocycles. The highest BCUT2D eigenvalue weighted by Gasteiger charge is 2.38. The first-order chi connectivity index (χ1) is 5.43. The van der Waals surface area contributed by atoms with E-state index in [0.717, 1.165) is 6.42 Å². The zero-order chi connectivity index (χ0) is 9.35. The van der Waals surface area contributed by atoms with Gasteiger partial charge in [0.2, 0.25) is 0 Å². The van der Waals surface area contributed by atoms with Gasteiger partial charge in [-0.25, -0.2) is 0 Å². The van der Waals surface area contributed by atoms with Crippen LogP contribution in [-0.2, 0) is 0 Å². The van der Waals surface area contributed by atoms with Gasteiger partial charge >= 0.3 is 0 Å². The first kappa shape index (κ1) is 10.0. The van der Waals surface area contributed by atoms with Crippen molar-refractivity contribution in [3.8, 4) is 0 Å². The Morgan fingerprint density at radius 3 is 2.33 bits per heavy atom. The third-order valence-corrected chi connectivity index (χ3v) is 3.34. The fourth-order valence-electron chi connectivity index (χ4n) is 2.79. The van der Waals surface area contributed by atoms with Crippen molar-refractivity contribution in [2.75, 3.05) is 0 Å². The lowest BCUT2D eigenvalue weighted by atomic mass is 9.68. The summed E-state index contributed by atoms with van der Waals surface area (Å²) < 4.78 is 0. The zero-order valence-corrected chi connectivity index (χ0v) is 8.80. The maximum absolute atomic E-state index is 10.2. The maximum Gasteiger partial charge on any atom is 0.0652 e. The minimum Gasteiger partial charge on any atom is -0.390 e. The molecule has 12 heavy (non-hydrogen) atoms. The van der Waals surface area contributed by atoms with Gasteiger partial charge in [-0.2, -0.15) is 0 Å². The van der Waals surface area contributed by atoms with Gasteiger partial charge in [-0.15, -0.1) is 0 Å². The van der Waals surface area contributed by atoms with Crippen molar-refractivity contribution in [2.45, 2.75) is 52.6 Å². The number of hydrogen-bond donors (Lipinski definition) is 1. The number of hydrogen-bond acceptors (Lipinski definition) is 1. The Hall–Kier alpha value is -0.0400. The van der Waals surface area contributed by atoms with Crippen LogP contribution >= 0.6 is 0 Å². The minimum atomic E-state index is -0.411. The highest BCUT2D eigenvalue weighted by Crippen LogP contribution is 2.40. The standard InChI is InChI=1S/C11H22O/c1-8(2)10-6-5-9(3)7-11(10,4)12/h8-10,12H,5-7H2,1-4H3/t9-,10?,11-/m1/s1. The average molecular weight is 170 g/mol. The van der Waals surface area contributed by atoms with E-state index in [-0.39, 0.29) is 0 Å². The van der Waals surface area contributed by atoms with Gasteiger partial charge in [0.1, 0.15) is 0 Å². The summed E-state index contributed by atoms with van der Waals surface area (Å²) >= 11 is 0. The lowest BCUT2D eigenvalue weighted by molar-refractivity contribution is -0.0649. The van der Waals surface area contributed by atoms with Gasteiger partial charge < -0.3 is 5.11 Å². The molecule has 0 bridgehead atoms. The molecule has 72 valence electrons. The van der Waals surface area contributed by atoms with Gasteiger partial charge in [0.05, 0.1) is 5.60 Å². The summed E-state index contributed by atoms with van der Waals surface area (Å²) in [5.41, 5.74) is -0.411. The zero-order valence-electron chi connectivity index (χ0n) is 8.80. The summed E-state index contributed by atoms with van der Waals surface area (Å²) in [6.07, 6.45) is 3.47.